The number of carboxylic acids is 1. The van der Waals surface area contributed by atoms with Gasteiger partial charge in [-0.25, -0.2) is 4.98 Å². The Kier molecular flexibility index (Phi) is 3.46. The molecule has 2 aromatic rings. The second kappa shape index (κ2) is 5.04. The van der Waals surface area contributed by atoms with Gasteiger partial charge in [0, 0.05) is 12.0 Å². The lowest BCUT2D eigenvalue weighted by Crippen LogP contribution is -1.98. The summed E-state index contributed by atoms with van der Waals surface area (Å²) in [4.78, 5) is 17.9. The number of imidazole rings is 1. The molecule has 4 nitrogen and oxygen atoms in total. The van der Waals surface area contributed by atoms with E-state index >= 15 is 0 Å². The standard InChI is InChI=1S/C14H16N2O2/c1-9-3-4-10(2)11(7-9)12-8-15-13(16-12)5-6-14(17)18/h3-4,7-8H,5-6H2,1-2H3,(H,15,16)(H,17,18). The molecule has 0 saturated carbocycles. The highest BCUT2D eigenvalue weighted by atomic mass is 16.4. The van der Waals surface area contributed by atoms with Crippen molar-refractivity contribution in [3.05, 3.63) is 41.3 Å². The van der Waals surface area contributed by atoms with Crippen molar-refractivity contribution in [1.29, 1.82) is 0 Å². The molecule has 0 amide bonds. The molecule has 0 radical (unpaired) electrons. The highest BCUT2D eigenvalue weighted by Gasteiger charge is 2.07. The lowest BCUT2D eigenvalue weighted by molar-refractivity contribution is -0.137. The first-order valence-corrected chi connectivity index (χ1v) is 5.89. The van der Waals surface area contributed by atoms with Crippen LogP contribution in [0.3, 0.4) is 0 Å². The number of aromatic nitrogens is 2. The van der Waals surface area contributed by atoms with E-state index in [2.05, 4.69) is 28.2 Å². The molecular weight excluding hydrogens is 228 g/mol. The van der Waals surface area contributed by atoms with E-state index in [9.17, 15) is 4.79 Å². The van der Waals surface area contributed by atoms with Crippen molar-refractivity contribution in [2.24, 2.45) is 0 Å². The van der Waals surface area contributed by atoms with E-state index in [0.29, 0.717) is 12.2 Å². The van der Waals surface area contributed by atoms with Gasteiger partial charge in [0.25, 0.3) is 0 Å². The molecule has 4 heteroatoms. The van der Waals surface area contributed by atoms with Crippen LogP contribution in [0.2, 0.25) is 0 Å². The first-order valence-electron chi connectivity index (χ1n) is 5.89. The fraction of sp³-hybridized carbons (Fsp3) is 0.286. The average molecular weight is 244 g/mol. The highest BCUT2D eigenvalue weighted by Crippen LogP contribution is 2.22. The van der Waals surface area contributed by atoms with E-state index in [1.54, 1.807) is 6.20 Å². The number of carboxylic acid groups (broad SMARTS) is 1. The third-order valence-electron chi connectivity index (χ3n) is 2.89. The van der Waals surface area contributed by atoms with Crippen molar-refractivity contribution in [3.8, 4) is 11.3 Å². The zero-order valence-corrected chi connectivity index (χ0v) is 10.5. The predicted octanol–water partition coefficient (Wildman–Crippen LogP) is 2.71. The first kappa shape index (κ1) is 12.4. The van der Waals surface area contributed by atoms with Gasteiger partial charge < -0.3 is 10.1 Å². The molecular formula is C14H16N2O2. The molecule has 0 atom stereocenters. The van der Waals surface area contributed by atoms with Gasteiger partial charge in [0.15, 0.2) is 0 Å². The molecule has 94 valence electrons. The van der Waals surface area contributed by atoms with Gasteiger partial charge in [0.1, 0.15) is 5.82 Å². The number of hydrogen-bond acceptors (Lipinski definition) is 2. The molecule has 1 heterocycles. The minimum Gasteiger partial charge on any atom is -0.481 e. The van der Waals surface area contributed by atoms with Crippen LogP contribution in [-0.4, -0.2) is 21.0 Å². The summed E-state index contributed by atoms with van der Waals surface area (Å²) in [5, 5.41) is 8.64. The van der Waals surface area contributed by atoms with Crippen LogP contribution in [0.1, 0.15) is 23.4 Å². The van der Waals surface area contributed by atoms with E-state index < -0.39 is 5.97 Å². The third-order valence-corrected chi connectivity index (χ3v) is 2.89. The Balaban J connectivity index is 2.23. The molecule has 0 aliphatic carbocycles. The lowest BCUT2D eigenvalue weighted by atomic mass is 10.0. The number of aliphatic carboxylic acids is 1. The maximum Gasteiger partial charge on any atom is 0.303 e. The Morgan fingerprint density at radius 3 is 2.89 bits per heavy atom. The largest absolute Gasteiger partial charge is 0.481 e. The van der Waals surface area contributed by atoms with Gasteiger partial charge in [-0.2, -0.15) is 0 Å². The second-order valence-electron chi connectivity index (χ2n) is 4.46. The Morgan fingerprint density at radius 2 is 2.17 bits per heavy atom. The summed E-state index contributed by atoms with van der Waals surface area (Å²) in [6.45, 7) is 4.09. The Labute approximate surface area is 106 Å². The predicted molar refractivity (Wildman–Crippen MR) is 69.5 cm³/mol. The van der Waals surface area contributed by atoms with Gasteiger partial charge >= 0.3 is 5.97 Å². The fourth-order valence-electron chi connectivity index (χ4n) is 1.88. The minimum atomic E-state index is -0.806. The smallest absolute Gasteiger partial charge is 0.303 e. The van der Waals surface area contributed by atoms with Crippen molar-refractivity contribution in [2.45, 2.75) is 26.7 Å². The van der Waals surface area contributed by atoms with Crippen LogP contribution in [-0.2, 0) is 11.2 Å². The molecule has 0 unspecified atom stereocenters. The topological polar surface area (TPSA) is 66.0 Å². The number of nitrogens with one attached hydrogen (secondary N) is 1. The van der Waals surface area contributed by atoms with Crippen molar-refractivity contribution >= 4 is 5.97 Å². The van der Waals surface area contributed by atoms with Crippen molar-refractivity contribution in [3.63, 3.8) is 0 Å². The molecule has 1 aromatic heterocycles. The van der Waals surface area contributed by atoms with E-state index in [-0.39, 0.29) is 6.42 Å². The molecule has 0 fully saturated rings. The minimum absolute atomic E-state index is 0.0970. The Bertz CT molecular complexity index is 573. The van der Waals surface area contributed by atoms with Crippen LogP contribution in [0.15, 0.2) is 24.4 Å². The number of aryl methyl sites for hydroxylation is 3. The number of nitrogens with zero attached hydrogens (tertiary/aromatic N) is 1. The monoisotopic (exact) mass is 244 g/mol. The van der Waals surface area contributed by atoms with Gasteiger partial charge in [-0.05, 0) is 25.5 Å². The van der Waals surface area contributed by atoms with Crippen LogP contribution in [0.25, 0.3) is 11.3 Å². The molecule has 0 aliphatic rings. The van der Waals surface area contributed by atoms with E-state index in [0.717, 1.165) is 11.3 Å². The Hall–Kier alpha value is -2.10. The number of aromatic amines is 1. The van der Waals surface area contributed by atoms with Gasteiger partial charge in [0.2, 0.25) is 0 Å². The third kappa shape index (κ3) is 2.77. The molecule has 1 aromatic carbocycles. The average Bonchev–Trinajstić information content (AvgIpc) is 2.78. The zero-order valence-electron chi connectivity index (χ0n) is 10.5. The normalized spacial score (nSPS) is 10.6. The Morgan fingerprint density at radius 1 is 1.39 bits per heavy atom. The van der Waals surface area contributed by atoms with E-state index in [4.69, 9.17) is 5.11 Å². The SMILES string of the molecule is Cc1ccc(C)c(-c2cnc(CCC(=O)O)[nH]2)c1. The number of H-pyrrole nitrogens is 1. The van der Waals surface area contributed by atoms with E-state index in [1.165, 1.54) is 11.1 Å². The van der Waals surface area contributed by atoms with Crippen LogP contribution in [0.4, 0.5) is 0 Å². The zero-order chi connectivity index (χ0) is 13.1. The molecule has 2 rings (SSSR count). The van der Waals surface area contributed by atoms with Crippen LogP contribution >= 0.6 is 0 Å². The van der Waals surface area contributed by atoms with Crippen LogP contribution in [0, 0.1) is 13.8 Å². The van der Waals surface area contributed by atoms with Gasteiger partial charge in [-0.3, -0.25) is 4.79 Å². The number of benzene rings is 1. The quantitative estimate of drug-likeness (QED) is 0.869. The number of hydrogen-bond donors (Lipinski definition) is 2. The van der Waals surface area contributed by atoms with Crippen molar-refractivity contribution in [1.82, 2.24) is 9.97 Å². The van der Waals surface area contributed by atoms with Gasteiger partial charge in [-0.15, -0.1) is 0 Å². The summed E-state index contributed by atoms with van der Waals surface area (Å²) in [6.07, 6.45) is 2.29. The number of rotatable bonds is 4. The first-order chi connectivity index (χ1) is 8.56. The number of carbonyl (C=O) groups is 1. The summed E-state index contributed by atoms with van der Waals surface area (Å²) >= 11 is 0. The molecule has 18 heavy (non-hydrogen) atoms. The molecule has 2 N–H and O–H groups in total. The van der Waals surface area contributed by atoms with Crippen molar-refractivity contribution < 1.29 is 9.90 Å². The maximum absolute atomic E-state index is 10.5. The fourth-order valence-corrected chi connectivity index (χ4v) is 1.88. The lowest BCUT2D eigenvalue weighted by Gasteiger charge is -2.04. The maximum atomic E-state index is 10.5. The molecule has 0 bridgehead atoms. The molecule has 0 spiro atoms. The summed E-state index contributed by atoms with van der Waals surface area (Å²) in [6, 6.07) is 6.24. The summed E-state index contributed by atoms with van der Waals surface area (Å²) in [5.41, 5.74) is 4.42. The van der Waals surface area contributed by atoms with Gasteiger partial charge in [0.05, 0.1) is 18.3 Å². The van der Waals surface area contributed by atoms with Crippen LogP contribution in [0.5, 0.6) is 0 Å². The highest BCUT2D eigenvalue weighted by molar-refractivity contribution is 5.67. The molecule has 0 aliphatic heterocycles. The van der Waals surface area contributed by atoms with Crippen LogP contribution < -0.4 is 0 Å². The van der Waals surface area contributed by atoms with Crippen molar-refractivity contribution in [2.75, 3.05) is 0 Å². The summed E-state index contributed by atoms with van der Waals surface area (Å²) in [7, 11) is 0. The van der Waals surface area contributed by atoms with E-state index in [1.807, 2.05) is 13.8 Å². The summed E-state index contributed by atoms with van der Waals surface area (Å²) in [5.74, 6) is -0.0898. The van der Waals surface area contributed by atoms with Gasteiger partial charge in [-0.1, -0.05) is 17.7 Å². The second-order valence-corrected chi connectivity index (χ2v) is 4.46. The summed E-state index contributed by atoms with van der Waals surface area (Å²) < 4.78 is 0. The molecule has 0 saturated heterocycles.